The average molecular weight is 217 g/mol. The highest BCUT2D eigenvalue weighted by atomic mass is 35.5. The molecule has 82 valence electrons. The maximum absolute atomic E-state index is 6.06. The van der Waals surface area contributed by atoms with Crippen molar-refractivity contribution in [2.75, 3.05) is 13.1 Å². The zero-order chi connectivity index (χ0) is 10.4. The lowest BCUT2D eigenvalue weighted by molar-refractivity contribution is 0.405. The Morgan fingerprint density at radius 2 is 2.07 bits per heavy atom. The molecule has 1 aliphatic rings. The van der Waals surface area contributed by atoms with E-state index in [0.29, 0.717) is 6.04 Å². The minimum absolute atomic E-state index is 0.458. The van der Waals surface area contributed by atoms with Crippen LogP contribution in [0.2, 0.25) is 0 Å². The summed E-state index contributed by atoms with van der Waals surface area (Å²) in [5.41, 5.74) is 0. The second kappa shape index (κ2) is 6.28. The van der Waals surface area contributed by atoms with E-state index < -0.39 is 0 Å². The smallest absolute Gasteiger partial charge is 0.194 e. The van der Waals surface area contributed by atoms with Gasteiger partial charge in [-0.3, -0.25) is 4.99 Å². The number of unbranched alkanes of at least 4 members (excludes halogenated alkanes) is 2. The van der Waals surface area contributed by atoms with Gasteiger partial charge in [-0.2, -0.15) is 0 Å². The van der Waals surface area contributed by atoms with E-state index in [0.717, 1.165) is 18.4 Å². The maximum atomic E-state index is 6.06. The molecule has 14 heavy (non-hydrogen) atoms. The molecule has 0 bridgehead atoms. The fraction of sp³-hybridized carbons (Fsp3) is 0.909. The van der Waals surface area contributed by atoms with Crippen molar-refractivity contribution in [2.45, 2.75) is 52.0 Å². The largest absolute Gasteiger partial charge is 0.345 e. The molecule has 0 amide bonds. The van der Waals surface area contributed by atoms with Gasteiger partial charge >= 0.3 is 0 Å². The van der Waals surface area contributed by atoms with Crippen LogP contribution in [0.25, 0.3) is 0 Å². The third-order valence-corrected chi connectivity index (χ3v) is 2.99. The van der Waals surface area contributed by atoms with Crippen molar-refractivity contribution in [3.63, 3.8) is 0 Å². The molecule has 2 nitrogen and oxygen atoms in total. The van der Waals surface area contributed by atoms with Crippen molar-refractivity contribution in [3.05, 3.63) is 0 Å². The average Bonchev–Trinajstić information content (AvgIpc) is 2.53. The van der Waals surface area contributed by atoms with Gasteiger partial charge in [0.25, 0.3) is 0 Å². The predicted molar refractivity (Wildman–Crippen MR) is 63.1 cm³/mol. The Morgan fingerprint density at radius 1 is 1.36 bits per heavy atom. The molecule has 1 heterocycles. The highest BCUT2D eigenvalue weighted by molar-refractivity contribution is 6.64. The van der Waals surface area contributed by atoms with Crippen LogP contribution in [0.4, 0.5) is 0 Å². The second-order valence-corrected chi connectivity index (χ2v) is 4.33. The van der Waals surface area contributed by atoms with Gasteiger partial charge in [-0.15, -0.1) is 0 Å². The summed E-state index contributed by atoms with van der Waals surface area (Å²) in [6.07, 6.45) is 6.14. The van der Waals surface area contributed by atoms with Crippen molar-refractivity contribution in [3.8, 4) is 0 Å². The summed E-state index contributed by atoms with van der Waals surface area (Å²) in [6, 6.07) is 0.458. The van der Waals surface area contributed by atoms with Gasteiger partial charge in [0.15, 0.2) is 5.29 Å². The molecular weight excluding hydrogens is 196 g/mol. The summed E-state index contributed by atoms with van der Waals surface area (Å²) in [7, 11) is 0. The molecule has 0 spiro atoms. The topological polar surface area (TPSA) is 15.6 Å². The molecule has 3 heteroatoms. The van der Waals surface area contributed by atoms with Gasteiger partial charge in [0.2, 0.25) is 0 Å². The summed E-state index contributed by atoms with van der Waals surface area (Å²) >= 11 is 6.06. The molecule has 0 aliphatic carbocycles. The normalized spacial score (nSPS) is 21.5. The van der Waals surface area contributed by atoms with Crippen LogP contribution in [0.15, 0.2) is 4.99 Å². The monoisotopic (exact) mass is 216 g/mol. The second-order valence-electron chi connectivity index (χ2n) is 3.99. The van der Waals surface area contributed by atoms with Crippen molar-refractivity contribution in [1.82, 2.24) is 4.90 Å². The van der Waals surface area contributed by atoms with Crippen LogP contribution >= 0.6 is 11.6 Å². The first-order valence-electron chi connectivity index (χ1n) is 5.76. The molecule has 1 unspecified atom stereocenters. The molecule has 0 radical (unpaired) electrons. The SMILES string of the molecule is CCCCC1CN(CCCC)C(Cl)=N1. The Hall–Kier alpha value is -0.240. The van der Waals surface area contributed by atoms with Crippen LogP contribution in [-0.2, 0) is 0 Å². The molecule has 0 aromatic rings. The summed E-state index contributed by atoms with van der Waals surface area (Å²) in [4.78, 5) is 6.68. The fourth-order valence-corrected chi connectivity index (χ4v) is 2.02. The van der Waals surface area contributed by atoms with E-state index in [1.807, 2.05) is 0 Å². The van der Waals surface area contributed by atoms with Gasteiger partial charge in [-0.25, -0.2) is 0 Å². The molecule has 0 saturated carbocycles. The number of nitrogens with zero attached hydrogens (tertiary/aromatic N) is 2. The summed E-state index contributed by atoms with van der Waals surface area (Å²) in [5.74, 6) is 0. The van der Waals surface area contributed by atoms with E-state index in [2.05, 4.69) is 23.7 Å². The minimum Gasteiger partial charge on any atom is -0.345 e. The van der Waals surface area contributed by atoms with E-state index in [1.165, 1.54) is 32.1 Å². The van der Waals surface area contributed by atoms with Gasteiger partial charge in [-0.1, -0.05) is 33.1 Å². The highest BCUT2D eigenvalue weighted by Gasteiger charge is 2.22. The molecule has 0 N–H and O–H groups in total. The summed E-state index contributed by atoms with van der Waals surface area (Å²) in [5, 5.41) is 0.736. The lowest BCUT2D eigenvalue weighted by atomic mass is 10.1. The third-order valence-electron chi connectivity index (χ3n) is 2.65. The van der Waals surface area contributed by atoms with Gasteiger partial charge in [0, 0.05) is 13.1 Å². The number of rotatable bonds is 6. The lowest BCUT2D eigenvalue weighted by Crippen LogP contribution is -2.27. The Morgan fingerprint density at radius 3 is 2.71 bits per heavy atom. The van der Waals surface area contributed by atoms with Crippen molar-refractivity contribution < 1.29 is 0 Å². The summed E-state index contributed by atoms with van der Waals surface area (Å²) in [6.45, 7) is 6.53. The zero-order valence-electron chi connectivity index (χ0n) is 9.30. The molecule has 1 atom stereocenters. The van der Waals surface area contributed by atoms with E-state index in [4.69, 9.17) is 11.6 Å². The Kier molecular flexibility index (Phi) is 5.31. The standard InChI is InChI=1S/C11H21ClN2/c1-3-5-7-10-9-14(8-6-4-2)11(12)13-10/h10H,3-9H2,1-2H3. The number of aliphatic imine (C=N–C) groups is 1. The van der Waals surface area contributed by atoms with Crippen LogP contribution in [0, 0.1) is 0 Å². The van der Waals surface area contributed by atoms with Crippen molar-refractivity contribution in [2.24, 2.45) is 4.99 Å². The van der Waals surface area contributed by atoms with E-state index in [9.17, 15) is 0 Å². The predicted octanol–water partition coefficient (Wildman–Crippen LogP) is 3.26. The van der Waals surface area contributed by atoms with Crippen molar-refractivity contribution >= 4 is 16.9 Å². The highest BCUT2D eigenvalue weighted by Crippen LogP contribution is 2.17. The first-order valence-corrected chi connectivity index (χ1v) is 6.14. The lowest BCUT2D eigenvalue weighted by Gasteiger charge is -2.17. The number of halogens is 1. The zero-order valence-corrected chi connectivity index (χ0v) is 10.1. The number of hydrogen-bond donors (Lipinski definition) is 0. The van der Waals surface area contributed by atoms with Crippen LogP contribution in [-0.4, -0.2) is 29.3 Å². The Labute approximate surface area is 92.3 Å². The van der Waals surface area contributed by atoms with Gasteiger partial charge < -0.3 is 4.90 Å². The van der Waals surface area contributed by atoms with Gasteiger partial charge in [0.05, 0.1) is 6.04 Å². The molecule has 0 aromatic heterocycles. The molecule has 1 aliphatic heterocycles. The summed E-state index contributed by atoms with van der Waals surface area (Å²) < 4.78 is 0. The molecule has 1 rings (SSSR count). The Bertz CT molecular complexity index is 192. The quantitative estimate of drug-likeness (QED) is 0.623. The maximum Gasteiger partial charge on any atom is 0.194 e. The first-order chi connectivity index (χ1) is 6.77. The fourth-order valence-electron chi connectivity index (χ4n) is 1.73. The van der Waals surface area contributed by atoms with E-state index in [-0.39, 0.29) is 0 Å². The van der Waals surface area contributed by atoms with Gasteiger partial charge in [0.1, 0.15) is 0 Å². The molecule has 0 aromatic carbocycles. The van der Waals surface area contributed by atoms with Crippen LogP contribution in [0.1, 0.15) is 46.0 Å². The van der Waals surface area contributed by atoms with Crippen LogP contribution in [0.3, 0.4) is 0 Å². The number of amidine groups is 1. The van der Waals surface area contributed by atoms with E-state index >= 15 is 0 Å². The Balaban J connectivity index is 2.28. The van der Waals surface area contributed by atoms with Crippen LogP contribution in [0.5, 0.6) is 0 Å². The van der Waals surface area contributed by atoms with E-state index in [1.54, 1.807) is 0 Å². The molecule has 0 fully saturated rings. The molecular formula is C11H21ClN2. The third kappa shape index (κ3) is 3.49. The van der Waals surface area contributed by atoms with Gasteiger partial charge in [-0.05, 0) is 24.4 Å². The number of hydrogen-bond acceptors (Lipinski definition) is 2. The first kappa shape index (κ1) is 11.8. The van der Waals surface area contributed by atoms with Crippen LogP contribution < -0.4 is 0 Å². The minimum atomic E-state index is 0.458. The van der Waals surface area contributed by atoms with Crippen molar-refractivity contribution in [1.29, 1.82) is 0 Å². The molecule has 0 saturated heterocycles.